The first-order valence-electron chi connectivity index (χ1n) is 7.63. The summed E-state index contributed by atoms with van der Waals surface area (Å²) in [4.78, 5) is 30.5. The predicted octanol–water partition coefficient (Wildman–Crippen LogP) is 3.43. The van der Waals surface area contributed by atoms with Crippen LogP contribution in [0, 0.1) is 0 Å². The van der Waals surface area contributed by atoms with E-state index in [1.807, 2.05) is 16.8 Å². The summed E-state index contributed by atoms with van der Waals surface area (Å²) < 4.78 is 5.30. The monoisotopic (exact) mass is 350 g/mol. The molecule has 1 atom stereocenters. The van der Waals surface area contributed by atoms with E-state index < -0.39 is 12.1 Å². The molecule has 0 radical (unpaired) electrons. The average Bonchev–Trinajstić information content (AvgIpc) is 3.25. The van der Waals surface area contributed by atoms with Gasteiger partial charge in [-0.05, 0) is 37.6 Å². The van der Waals surface area contributed by atoms with Crippen LogP contribution in [0.15, 0.2) is 22.2 Å². The Labute approximate surface area is 142 Å². The van der Waals surface area contributed by atoms with Gasteiger partial charge < -0.3 is 9.64 Å². The highest BCUT2D eigenvalue weighted by Gasteiger charge is 2.26. The summed E-state index contributed by atoms with van der Waals surface area (Å²) in [5, 5.41) is 6.41. The number of rotatable bonds is 4. The topological polar surface area (TPSA) is 59.5 Å². The number of nitrogens with zero attached hydrogens (tertiary/aromatic N) is 2. The summed E-state index contributed by atoms with van der Waals surface area (Å²) in [5.41, 5.74) is 1.26. The highest BCUT2D eigenvalue weighted by atomic mass is 32.1. The summed E-state index contributed by atoms with van der Waals surface area (Å²) in [6.07, 6.45) is 2.42. The lowest BCUT2D eigenvalue weighted by atomic mass is 10.1. The number of esters is 1. The second-order valence-corrected chi connectivity index (χ2v) is 7.12. The molecule has 1 fully saturated rings. The SMILES string of the molecule is C[C@@H](OC(=O)c1csc(-c2ccsc2)n1)C(=O)N1CCCCC1. The minimum absolute atomic E-state index is 0.119. The molecule has 0 saturated carbocycles. The summed E-state index contributed by atoms with van der Waals surface area (Å²) in [7, 11) is 0. The van der Waals surface area contributed by atoms with E-state index in [-0.39, 0.29) is 11.6 Å². The van der Waals surface area contributed by atoms with Crippen LogP contribution in [0.4, 0.5) is 0 Å². The zero-order chi connectivity index (χ0) is 16.2. The Hall–Kier alpha value is -1.73. The van der Waals surface area contributed by atoms with Crippen molar-refractivity contribution < 1.29 is 14.3 Å². The van der Waals surface area contributed by atoms with Gasteiger partial charge in [0.1, 0.15) is 5.01 Å². The summed E-state index contributed by atoms with van der Waals surface area (Å²) >= 11 is 2.98. The first kappa shape index (κ1) is 16.1. The van der Waals surface area contributed by atoms with Crippen molar-refractivity contribution in [3.05, 3.63) is 27.9 Å². The van der Waals surface area contributed by atoms with Crippen LogP contribution in [0.3, 0.4) is 0 Å². The zero-order valence-corrected chi connectivity index (χ0v) is 14.5. The molecular formula is C16H18N2O3S2. The first-order chi connectivity index (χ1) is 11.1. The number of thiazole rings is 1. The van der Waals surface area contributed by atoms with Crippen molar-refractivity contribution in [2.45, 2.75) is 32.3 Å². The number of amides is 1. The molecule has 0 aromatic carbocycles. The van der Waals surface area contributed by atoms with E-state index in [9.17, 15) is 9.59 Å². The molecule has 0 aliphatic carbocycles. The van der Waals surface area contributed by atoms with Gasteiger partial charge in [0.25, 0.3) is 5.91 Å². The van der Waals surface area contributed by atoms with Crippen molar-refractivity contribution in [2.75, 3.05) is 13.1 Å². The molecule has 3 rings (SSSR count). The highest BCUT2D eigenvalue weighted by Crippen LogP contribution is 2.26. The number of thiophene rings is 1. The normalized spacial score (nSPS) is 16.1. The van der Waals surface area contributed by atoms with E-state index in [2.05, 4.69) is 4.98 Å². The van der Waals surface area contributed by atoms with Gasteiger partial charge in [0, 0.05) is 29.4 Å². The van der Waals surface area contributed by atoms with Gasteiger partial charge in [-0.1, -0.05) is 0 Å². The van der Waals surface area contributed by atoms with Crippen molar-refractivity contribution in [2.24, 2.45) is 0 Å². The number of ether oxygens (including phenoxy) is 1. The molecule has 122 valence electrons. The van der Waals surface area contributed by atoms with Crippen molar-refractivity contribution >= 4 is 34.6 Å². The molecule has 23 heavy (non-hydrogen) atoms. The van der Waals surface area contributed by atoms with Crippen LogP contribution in [0.2, 0.25) is 0 Å². The Morgan fingerprint density at radius 2 is 2.04 bits per heavy atom. The summed E-state index contributed by atoms with van der Waals surface area (Å²) in [6, 6.07) is 1.96. The third-order valence-electron chi connectivity index (χ3n) is 3.78. The van der Waals surface area contributed by atoms with Crippen LogP contribution in [0.5, 0.6) is 0 Å². The fraction of sp³-hybridized carbons (Fsp3) is 0.438. The molecule has 1 saturated heterocycles. The first-order valence-corrected chi connectivity index (χ1v) is 9.45. The third-order valence-corrected chi connectivity index (χ3v) is 5.36. The van der Waals surface area contributed by atoms with Gasteiger partial charge in [-0.15, -0.1) is 11.3 Å². The van der Waals surface area contributed by atoms with E-state index in [0.29, 0.717) is 0 Å². The summed E-state index contributed by atoms with van der Waals surface area (Å²) in [5.74, 6) is -0.660. The molecule has 2 aromatic rings. The number of piperidine rings is 1. The Morgan fingerprint density at radius 3 is 2.74 bits per heavy atom. The zero-order valence-electron chi connectivity index (χ0n) is 12.9. The highest BCUT2D eigenvalue weighted by molar-refractivity contribution is 7.14. The maximum absolute atomic E-state index is 12.3. The molecule has 7 heteroatoms. The lowest BCUT2D eigenvalue weighted by Gasteiger charge is -2.28. The molecule has 0 unspecified atom stereocenters. The van der Waals surface area contributed by atoms with E-state index in [1.165, 1.54) is 11.3 Å². The molecule has 5 nitrogen and oxygen atoms in total. The van der Waals surface area contributed by atoms with Gasteiger partial charge in [0.2, 0.25) is 0 Å². The van der Waals surface area contributed by atoms with Crippen LogP contribution in [0.25, 0.3) is 10.6 Å². The lowest BCUT2D eigenvalue weighted by molar-refractivity contribution is -0.140. The lowest BCUT2D eigenvalue weighted by Crippen LogP contribution is -2.42. The number of likely N-dealkylation sites (tertiary alicyclic amines) is 1. The number of hydrogen-bond donors (Lipinski definition) is 0. The molecule has 2 aromatic heterocycles. The van der Waals surface area contributed by atoms with Gasteiger partial charge in [-0.25, -0.2) is 9.78 Å². The molecule has 1 amide bonds. The second kappa shape index (κ2) is 7.23. The average molecular weight is 350 g/mol. The minimum atomic E-state index is -0.771. The van der Waals surface area contributed by atoms with Crippen LogP contribution < -0.4 is 0 Å². The minimum Gasteiger partial charge on any atom is -0.448 e. The van der Waals surface area contributed by atoms with Crippen molar-refractivity contribution in [3.63, 3.8) is 0 Å². The molecular weight excluding hydrogens is 332 g/mol. The van der Waals surface area contributed by atoms with Gasteiger partial charge in [-0.3, -0.25) is 4.79 Å². The Balaban J connectivity index is 1.61. The van der Waals surface area contributed by atoms with Crippen LogP contribution in [-0.4, -0.2) is 41.0 Å². The van der Waals surface area contributed by atoms with Crippen LogP contribution >= 0.6 is 22.7 Å². The van der Waals surface area contributed by atoms with Gasteiger partial charge in [0.05, 0.1) is 0 Å². The predicted molar refractivity (Wildman–Crippen MR) is 90.7 cm³/mol. The van der Waals surface area contributed by atoms with E-state index >= 15 is 0 Å². The Morgan fingerprint density at radius 1 is 1.26 bits per heavy atom. The molecule has 0 N–H and O–H groups in total. The maximum atomic E-state index is 12.3. The number of carbonyl (C=O) groups excluding carboxylic acids is 2. The smallest absolute Gasteiger partial charge is 0.358 e. The van der Waals surface area contributed by atoms with Crippen LogP contribution in [-0.2, 0) is 9.53 Å². The number of carbonyl (C=O) groups is 2. The van der Waals surface area contributed by atoms with E-state index in [4.69, 9.17) is 4.74 Å². The van der Waals surface area contributed by atoms with Gasteiger partial charge in [-0.2, -0.15) is 11.3 Å². The van der Waals surface area contributed by atoms with Gasteiger partial charge >= 0.3 is 5.97 Å². The fourth-order valence-electron chi connectivity index (χ4n) is 2.53. The largest absolute Gasteiger partial charge is 0.448 e. The Bertz CT molecular complexity index is 675. The molecule has 0 spiro atoms. The Kier molecular flexibility index (Phi) is 5.07. The molecule has 1 aliphatic heterocycles. The van der Waals surface area contributed by atoms with Crippen LogP contribution in [0.1, 0.15) is 36.7 Å². The van der Waals surface area contributed by atoms with Gasteiger partial charge in [0.15, 0.2) is 11.8 Å². The molecule has 1 aliphatic rings. The molecule has 3 heterocycles. The maximum Gasteiger partial charge on any atom is 0.358 e. The quantitative estimate of drug-likeness (QED) is 0.793. The second-order valence-electron chi connectivity index (χ2n) is 5.48. The molecule has 0 bridgehead atoms. The van der Waals surface area contributed by atoms with E-state index in [0.717, 1.165) is 42.9 Å². The van der Waals surface area contributed by atoms with Crippen molar-refractivity contribution in [1.82, 2.24) is 9.88 Å². The fourth-order valence-corrected chi connectivity index (χ4v) is 4.03. The summed E-state index contributed by atoms with van der Waals surface area (Å²) in [6.45, 7) is 3.13. The number of aromatic nitrogens is 1. The van der Waals surface area contributed by atoms with E-state index in [1.54, 1.807) is 28.5 Å². The third kappa shape index (κ3) is 3.79. The standard InChI is InChI=1S/C16H18N2O3S2/c1-11(15(19)18-6-3-2-4-7-18)21-16(20)13-10-23-14(17-13)12-5-8-22-9-12/h5,8-11H,2-4,6-7H2,1H3/t11-/m1/s1. The number of hydrogen-bond acceptors (Lipinski definition) is 6. The van der Waals surface area contributed by atoms with Crippen molar-refractivity contribution in [1.29, 1.82) is 0 Å². The van der Waals surface area contributed by atoms with Crippen molar-refractivity contribution in [3.8, 4) is 10.6 Å².